The van der Waals surface area contributed by atoms with E-state index in [0.29, 0.717) is 19.3 Å². The van der Waals surface area contributed by atoms with Crippen molar-refractivity contribution < 1.29 is 19.0 Å². The summed E-state index contributed by atoms with van der Waals surface area (Å²) in [4.78, 5) is 11.2. The summed E-state index contributed by atoms with van der Waals surface area (Å²) < 4.78 is 17.2. The van der Waals surface area contributed by atoms with Gasteiger partial charge in [-0.15, -0.1) is 0 Å². The van der Waals surface area contributed by atoms with Crippen molar-refractivity contribution in [3.05, 3.63) is 34.4 Å². The van der Waals surface area contributed by atoms with Gasteiger partial charge in [0.1, 0.15) is 6.61 Å². The van der Waals surface area contributed by atoms with Crippen molar-refractivity contribution in [3.8, 4) is 0 Å². The monoisotopic (exact) mass is 360 g/mol. The molecule has 3 atom stereocenters. The first-order chi connectivity index (χ1) is 12.4. The highest BCUT2D eigenvalue weighted by Gasteiger charge is 2.50. The molecule has 1 fully saturated rings. The van der Waals surface area contributed by atoms with Crippen LogP contribution in [0.2, 0.25) is 0 Å². The van der Waals surface area contributed by atoms with E-state index < -0.39 is 0 Å². The summed E-state index contributed by atoms with van der Waals surface area (Å²) in [5.41, 5.74) is 5.26. The summed E-state index contributed by atoms with van der Waals surface area (Å²) in [5, 5.41) is 0. The third-order valence-electron chi connectivity index (χ3n) is 5.88. The average Bonchev–Trinajstić information content (AvgIpc) is 3.06. The zero-order valence-corrected chi connectivity index (χ0v) is 16.6. The summed E-state index contributed by atoms with van der Waals surface area (Å²) in [6.07, 6.45) is 11.3. The molecule has 2 heterocycles. The highest BCUT2D eigenvalue weighted by molar-refractivity contribution is 5.66. The molecule has 0 amide bonds. The number of carbonyl (C=O) groups excluding carboxylic acids is 1. The van der Waals surface area contributed by atoms with Crippen LogP contribution in [-0.4, -0.2) is 37.0 Å². The maximum atomic E-state index is 11.2. The first kappa shape index (κ1) is 19.4. The van der Waals surface area contributed by atoms with Gasteiger partial charge in [0.25, 0.3) is 0 Å². The van der Waals surface area contributed by atoms with Crippen LogP contribution in [0.25, 0.3) is 0 Å². The van der Waals surface area contributed by atoms with Gasteiger partial charge in [0, 0.05) is 6.92 Å². The van der Waals surface area contributed by atoms with Gasteiger partial charge in [-0.25, -0.2) is 0 Å². The Morgan fingerprint density at radius 3 is 2.85 bits per heavy atom. The van der Waals surface area contributed by atoms with Crippen LogP contribution >= 0.6 is 0 Å². The Bertz CT molecular complexity index is 643. The van der Waals surface area contributed by atoms with E-state index in [0.717, 1.165) is 44.1 Å². The molecule has 26 heavy (non-hydrogen) atoms. The molecule has 0 aromatic carbocycles. The molecule has 0 bridgehead atoms. The molecular formula is C22H32O4. The van der Waals surface area contributed by atoms with Gasteiger partial charge in [0.15, 0.2) is 0 Å². The predicted octanol–water partition coefficient (Wildman–Crippen LogP) is 4.65. The van der Waals surface area contributed by atoms with Crippen LogP contribution in [-0.2, 0) is 19.0 Å². The fourth-order valence-electron chi connectivity index (χ4n) is 3.99. The Morgan fingerprint density at radius 2 is 2.08 bits per heavy atom. The molecule has 0 N–H and O–H groups in total. The van der Waals surface area contributed by atoms with Crippen LogP contribution in [0.5, 0.6) is 0 Å². The van der Waals surface area contributed by atoms with Gasteiger partial charge in [-0.1, -0.05) is 23.3 Å². The molecular weight excluding hydrogens is 328 g/mol. The van der Waals surface area contributed by atoms with Gasteiger partial charge in [-0.05, 0) is 70.4 Å². The van der Waals surface area contributed by atoms with Crippen molar-refractivity contribution in [1.29, 1.82) is 0 Å². The second-order valence-electron chi connectivity index (χ2n) is 8.20. The fourth-order valence-corrected chi connectivity index (χ4v) is 3.99. The molecule has 0 aromatic heterocycles. The zero-order chi connectivity index (χ0) is 18.7. The lowest BCUT2D eigenvalue weighted by Crippen LogP contribution is -2.11. The maximum absolute atomic E-state index is 11.2. The maximum Gasteiger partial charge on any atom is 0.302 e. The van der Waals surface area contributed by atoms with E-state index >= 15 is 0 Å². The zero-order valence-electron chi connectivity index (χ0n) is 16.6. The van der Waals surface area contributed by atoms with Gasteiger partial charge in [-0.3, -0.25) is 4.79 Å². The molecule has 0 spiro atoms. The molecule has 4 nitrogen and oxygen atoms in total. The molecule has 3 rings (SSSR count). The van der Waals surface area contributed by atoms with Crippen molar-refractivity contribution in [2.45, 2.75) is 84.0 Å². The van der Waals surface area contributed by atoms with E-state index in [1.54, 1.807) is 0 Å². The molecule has 2 aliphatic heterocycles. The van der Waals surface area contributed by atoms with Crippen molar-refractivity contribution in [2.24, 2.45) is 0 Å². The Kier molecular flexibility index (Phi) is 6.03. The van der Waals surface area contributed by atoms with E-state index in [4.69, 9.17) is 14.2 Å². The molecule has 144 valence electrons. The average molecular weight is 360 g/mol. The first-order valence-electron chi connectivity index (χ1n) is 9.84. The number of ether oxygens (including phenoxy) is 3. The van der Waals surface area contributed by atoms with Gasteiger partial charge < -0.3 is 14.2 Å². The van der Waals surface area contributed by atoms with Crippen LogP contribution in [0.1, 0.15) is 66.2 Å². The first-order valence-corrected chi connectivity index (χ1v) is 9.84. The Hall–Kier alpha value is -1.39. The number of allylic oxidation sites excluding steroid dienone is 3. The second kappa shape index (κ2) is 8.10. The van der Waals surface area contributed by atoms with Crippen LogP contribution < -0.4 is 0 Å². The molecule has 1 saturated heterocycles. The highest BCUT2D eigenvalue weighted by Crippen LogP contribution is 2.44. The van der Waals surface area contributed by atoms with Crippen LogP contribution in [0, 0.1) is 0 Å². The minimum atomic E-state index is -0.238. The normalized spacial score (nSPS) is 36.8. The molecule has 0 aromatic rings. The largest absolute Gasteiger partial charge is 0.461 e. The van der Waals surface area contributed by atoms with E-state index in [-0.39, 0.29) is 17.7 Å². The molecule has 0 saturated carbocycles. The van der Waals surface area contributed by atoms with E-state index in [9.17, 15) is 4.79 Å². The minimum Gasteiger partial charge on any atom is -0.461 e. The second-order valence-corrected chi connectivity index (χ2v) is 8.20. The van der Waals surface area contributed by atoms with E-state index in [2.05, 4.69) is 32.9 Å². The number of rotatable bonds is 2. The lowest BCUT2D eigenvalue weighted by molar-refractivity contribution is -0.140. The summed E-state index contributed by atoms with van der Waals surface area (Å²) in [5.74, 6) is -0.238. The van der Waals surface area contributed by atoms with Crippen LogP contribution in [0.3, 0.4) is 0 Å². The smallest absolute Gasteiger partial charge is 0.302 e. The molecule has 4 heteroatoms. The SMILES string of the molecule is CC(=O)OCC1=C2CC/C(C)=C/CC[C@]3(C)O[C@H]3CC/C(C)=C/[C@@H]2OC1. The number of hydrogen-bond donors (Lipinski definition) is 0. The third-order valence-corrected chi connectivity index (χ3v) is 5.88. The van der Waals surface area contributed by atoms with Crippen LogP contribution in [0.4, 0.5) is 0 Å². The Balaban J connectivity index is 1.77. The third kappa shape index (κ3) is 4.86. The number of fused-ring (bicyclic) bond motifs is 2. The van der Waals surface area contributed by atoms with Crippen molar-refractivity contribution in [3.63, 3.8) is 0 Å². The molecule has 0 unspecified atom stereocenters. The van der Waals surface area contributed by atoms with E-state index in [1.807, 2.05) is 0 Å². The minimum absolute atomic E-state index is 0.0165. The fraction of sp³-hybridized carbons (Fsp3) is 0.682. The van der Waals surface area contributed by atoms with E-state index in [1.165, 1.54) is 23.6 Å². The van der Waals surface area contributed by atoms with Crippen molar-refractivity contribution >= 4 is 5.97 Å². The topological polar surface area (TPSA) is 48.1 Å². The van der Waals surface area contributed by atoms with Gasteiger partial charge in [0.2, 0.25) is 0 Å². The van der Waals surface area contributed by atoms with Gasteiger partial charge in [-0.2, -0.15) is 0 Å². The van der Waals surface area contributed by atoms with Crippen molar-refractivity contribution in [2.75, 3.05) is 13.2 Å². The Morgan fingerprint density at radius 1 is 1.27 bits per heavy atom. The number of carbonyl (C=O) groups is 1. The lowest BCUT2D eigenvalue weighted by Gasteiger charge is -2.14. The predicted molar refractivity (Wildman–Crippen MR) is 102 cm³/mol. The van der Waals surface area contributed by atoms with Crippen LogP contribution in [0.15, 0.2) is 34.4 Å². The quantitative estimate of drug-likeness (QED) is 0.409. The number of esters is 1. The summed E-state index contributed by atoms with van der Waals surface area (Å²) >= 11 is 0. The number of hydrogen-bond acceptors (Lipinski definition) is 4. The summed E-state index contributed by atoms with van der Waals surface area (Å²) in [6, 6.07) is 0. The molecule has 3 aliphatic rings. The molecule has 1 aliphatic carbocycles. The van der Waals surface area contributed by atoms with Gasteiger partial charge in [0.05, 0.1) is 24.4 Å². The lowest BCUT2D eigenvalue weighted by atomic mass is 9.92. The molecule has 0 radical (unpaired) electrons. The summed E-state index contributed by atoms with van der Waals surface area (Å²) in [6.45, 7) is 9.00. The summed E-state index contributed by atoms with van der Waals surface area (Å²) in [7, 11) is 0. The van der Waals surface area contributed by atoms with Gasteiger partial charge >= 0.3 is 5.97 Å². The standard InChI is InChI=1S/C22H32O4/c1-15-6-5-11-22(4)21(26-22)10-8-16(2)12-20-19(9-7-15)18(14-25-20)13-24-17(3)23/h6,12,20-21H,5,7-11,13-14H2,1-4H3/b15-6+,16-12+/t20-,21-,22-/m0/s1. The number of epoxide rings is 1. The highest BCUT2D eigenvalue weighted by atomic mass is 16.6. The van der Waals surface area contributed by atoms with Crippen molar-refractivity contribution in [1.82, 2.24) is 0 Å². The Labute approximate surface area is 157 Å².